The minimum absolute atomic E-state index is 0.254. The van der Waals surface area contributed by atoms with Gasteiger partial charge in [-0.15, -0.1) is 5.48 Å². The molecule has 0 unspecified atom stereocenters. The molecule has 128 valence electrons. The quantitative estimate of drug-likeness (QED) is 0.581. The maximum atomic E-state index is 13.0. The van der Waals surface area contributed by atoms with Crippen LogP contribution < -0.4 is 10.4 Å². The summed E-state index contributed by atoms with van der Waals surface area (Å²) >= 11 is 0. The van der Waals surface area contributed by atoms with Crippen molar-refractivity contribution in [2.45, 2.75) is 19.3 Å². The first-order chi connectivity index (χ1) is 11.0. The predicted octanol–water partition coefficient (Wildman–Crippen LogP) is 4.14. The second-order valence-corrected chi connectivity index (χ2v) is 6.12. The highest BCUT2D eigenvalue weighted by Crippen LogP contribution is 2.39. The van der Waals surface area contributed by atoms with E-state index in [1.54, 1.807) is 19.1 Å². The molecule has 0 radical (unpaired) electrons. The first-order valence-corrected chi connectivity index (χ1v) is 7.50. The summed E-state index contributed by atoms with van der Waals surface area (Å²) in [6.45, 7) is 1.77. The first kappa shape index (κ1) is 18.5. The van der Waals surface area contributed by atoms with Crippen LogP contribution in [0, 0.1) is 6.92 Å². The summed E-state index contributed by atoms with van der Waals surface area (Å²) in [4.78, 5) is 0. The lowest BCUT2D eigenvalue weighted by Crippen LogP contribution is -2.27. The molecular weight excluding hydrogens is 353 g/mol. The van der Waals surface area contributed by atoms with Gasteiger partial charge in [0, 0.05) is 5.30 Å². The van der Waals surface area contributed by atoms with Crippen LogP contribution in [0.15, 0.2) is 42.5 Å². The van der Waals surface area contributed by atoms with E-state index < -0.39 is 34.5 Å². The van der Waals surface area contributed by atoms with Crippen LogP contribution >= 0.6 is 8.20 Å². The molecule has 2 aromatic rings. The van der Waals surface area contributed by atoms with E-state index in [4.69, 9.17) is 0 Å². The Bertz CT molecular complexity index is 727. The van der Waals surface area contributed by atoms with Crippen LogP contribution in [0.3, 0.4) is 0 Å². The highest BCUT2D eigenvalue weighted by molar-refractivity contribution is 7.49. The van der Waals surface area contributed by atoms with E-state index in [9.17, 15) is 31.4 Å². The van der Waals surface area contributed by atoms with E-state index in [0.717, 1.165) is 5.56 Å². The van der Waals surface area contributed by atoms with E-state index in [1.807, 2.05) is 0 Å². The summed E-state index contributed by atoms with van der Waals surface area (Å²) in [6.07, 6.45) is -10.1. The maximum Gasteiger partial charge on any atom is 0.416 e. The highest BCUT2D eigenvalue weighted by Gasteiger charge is 2.40. The van der Waals surface area contributed by atoms with E-state index >= 15 is 0 Å². The van der Waals surface area contributed by atoms with Gasteiger partial charge in [0.25, 0.3) is 0 Å². The number of hydrogen-bond donors (Lipinski definition) is 0. The van der Waals surface area contributed by atoms with Gasteiger partial charge in [0.1, 0.15) is 0 Å². The van der Waals surface area contributed by atoms with Crippen LogP contribution in [-0.4, -0.2) is 5.48 Å². The van der Waals surface area contributed by atoms with Gasteiger partial charge in [0.05, 0.1) is 11.1 Å². The van der Waals surface area contributed by atoms with Crippen LogP contribution in [-0.2, 0) is 12.4 Å². The Balaban J connectivity index is 2.68. The van der Waals surface area contributed by atoms with E-state index in [0.29, 0.717) is 23.5 Å². The van der Waals surface area contributed by atoms with Gasteiger partial charge in [-0.2, -0.15) is 26.3 Å². The largest absolute Gasteiger partial charge is 0.823 e. The van der Waals surface area contributed by atoms with Crippen molar-refractivity contribution in [3.8, 4) is 0 Å². The van der Waals surface area contributed by atoms with Crippen molar-refractivity contribution in [3.05, 3.63) is 64.7 Å². The third kappa shape index (κ3) is 4.16. The third-order valence-corrected chi connectivity index (χ3v) is 4.14. The van der Waals surface area contributed by atoms with E-state index in [-0.39, 0.29) is 8.20 Å². The molecule has 24 heavy (non-hydrogen) atoms. The van der Waals surface area contributed by atoms with E-state index in [2.05, 4.69) is 0 Å². The molecule has 8 heteroatoms. The van der Waals surface area contributed by atoms with Crippen LogP contribution in [0.1, 0.15) is 22.3 Å². The average molecular weight is 363 g/mol. The van der Waals surface area contributed by atoms with Crippen LogP contribution in [0.5, 0.6) is 0 Å². The normalized spacial score (nSPS) is 13.2. The molecule has 0 aliphatic rings. The number of alkyl halides is 6. The average Bonchev–Trinajstić information content (AvgIpc) is 2.47. The SMILES string of the molecule is Cc1ccc(P=C([O-])c2c(C(F)(F)F)cccc2C(F)(F)F)cc1. The standard InChI is InChI=1S/C16H11F6OP/c1-9-5-7-10(8-6-9)24-14(23)13-11(15(17,18)19)3-2-4-12(13)16(20,21)22/h2-8,23H,1H3/p-1. The molecule has 0 aliphatic heterocycles. The summed E-state index contributed by atoms with van der Waals surface area (Å²) in [5.74, 6) is 0. The van der Waals surface area contributed by atoms with Gasteiger partial charge in [-0.25, -0.2) is 0 Å². The third-order valence-electron chi connectivity index (χ3n) is 3.15. The fraction of sp³-hybridized carbons (Fsp3) is 0.188. The number of halogens is 6. The molecule has 0 saturated carbocycles. The Labute approximate surface area is 135 Å². The second kappa shape index (κ2) is 6.57. The summed E-state index contributed by atoms with van der Waals surface area (Å²) in [5, 5.41) is 12.5. The van der Waals surface area contributed by atoms with Gasteiger partial charge in [-0.3, -0.25) is 0 Å². The lowest BCUT2D eigenvalue weighted by atomic mass is 10.0. The zero-order valence-electron chi connectivity index (χ0n) is 12.2. The predicted molar refractivity (Wildman–Crippen MR) is 78.3 cm³/mol. The molecule has 2 aromatic carbocycles. The van der Waals surface area contributed by atoms with Gasteiger partial charge < -0.3 is 5.11 Å². The Kier molecular flexibility index (Phi) is 5.06. The van der Waals surface area contributed by atoms with Crippen LogP contribution in [0.2, 0.25) is 0 Å². The minimum atomic E-state index is -5.06. The molecule has 0 atom stereocenters. The summed E-state index contributed by atoms with van der Waals surface area (Å²) in [5.41, 5.74) is -4.91. The Morgan fingerprint density at radius 3 is 1.71 bits per heavy atom. The smallest absolute Gasteiger partial charge is 0.416 e. The summed E-state index contributed by atoms with van der Waals surface area (Å²) < 4.78 is 78.3. The van der Waals surface area contributed by atoms with Crippen molar-refractivity contribution < 1.29 is 31.4 Å². The molecular formula is C16H10F6OP-. The molecule has 1 nitrogen and oxygen atoms in total. The van der Waals surface area contributed by atoms with E-state index in [1.165, 1.54) is 12.1 Å². The lowest BCUT2D eigenvalue weighted by Gasteiger charge is -2.23. The Hall–Kier alpha value is -1.85. The van der Waals surface area contributed by atoms with Crippen LogP contribution in [0.25, 0.3) is 0 Å². The molecule has 0 aromatic heterocycles. The van der Waals surface area contributed by atoms with Crippen molar-refractivity contribution >= 4 is 19.0 Å². The van der Waals surface area contributed by atoms with Gasteiger partial charge in [0.2, 0.25) is 0 Å². The zero-order chi connectivity index (χ0) is 18.1. The monoisotopic (exact) mass is 363 g/mol. The van der Waals surface area contributed by atoms with Crippen molar-refractivity contribution in [2.75, 3.05) is 0 Å². The van der Waals surface area contributed by atoms with Crippen molar-refractivity contribution in [1.82, 2.24) is 0 Å². The Morgan fingerprint density at radius 2 is 1.29 bits per heavy atom. The topological polar surface area (TPSA) is 23.1 Å². The molecule has 0 N–H and O–H groups in total. The fourth-order valence-electron chi connectivity index (χ4n) is 2.05. The molecule has 0 amide bonds. The number of aryl methyl sites for hydroxylation is 1. The molecule has 2 rings (SSSR count). The van der Waals surface area contributed by atoms with Crippen molar-refractivity contribution in [1.29, 1.82) is 0 Å². The minimum Gasteiger partial charge on any atom is -0.823 e. The van der Waals surface area contributed by atoms with Crippen LogP contribution in [0.4, 0.5) is 26.3 Å². The molecule has 0 aliphatic carbocycles. The maximum absolute atomic E-state index is 13.0. The Morgan fingerprint density at radius 1 is 0.833 bits per heavy atom. The summed E-state index contributed by atoms with van der Waals surface area (Å²) in [7, 11) is -0.254. The van der Waals surface area contributed by atoms with Crippen molar-refractivity contribution in [2.24, 2.45) is 0 Å². The van der Waals surface area contributed by atoms with Gasteiger partial charge in [-0.05, 0) is 24.6 Å². The number of rotatable bonds is 2. The number of hydrogen-bond acceptors (Lipinski definition) is 1. The highest BCUT2D eigenvalue weighted by atomic mass is 31.1. The molecule has 0 bridgehead atoms. The molecule has 0 fully saturated rings. The molecule has 0 spiro atoms. The van der Waals surface area contributed by atoms with Gasteiger partial charge in [0.15, 0.2) is 0 Å². The zero-order valence-corrected chi connectivity index (χ0v) is 13.1. The molecule has 0 heterocycles. The first-order valence-electron chi connectivity index (χ1n) is 6.60. The second-order valence-electron chi connectivity index (χ2n) is 4.98. The van der Waals surface area contributed by atoms with Crippen molar-refractivity contribution in [3.63, 3.8) is 0 Å². The number of benzene rings is 2. The van der Waals surface area contributed by atoms with Gasteiger partial charge in [-0.1, -0.05) is 44.1 Å². The lowest BCUT2D eigenvalue weighted by molar-refractivity contribution is -0.209. The summed E-state index contributed by atoms with van der Waals surface area (Å²) in [6, 6.07) is 7.81. The van der Waals surface area contributed by atoms with Gasteiger partial charge >= 0.3 is 12.4 Å². The fourth-order valence-corrected chi connectivity index (χ4v) is 2.93. The molecule has 0 saturated heterocycles.